The number of phenols is 2. The molecule has 3 aromatic rings. The normalized spacial score (nSPS) is 20.8. The Kier molecular flexibility index (Phi) is 5.16. The first-order valence-corrected chi connectivity index (χ1v) is 11.2. The average Bonchev–Trinajstić information content (AvgIpc) is 3.31. The SMILES string of the molecule is O=C(Nc1cccs1)OC[C@@]1(O)Cc2c(O)c3c(c(O)c2[C@@H](O)C1)C(=O)c1ccccc1C3=O. The van der Waals surface area contributed by atoms with Crippen LogP contribution >= 0.6 is 11.3 Å². The molecular formula is C24H19NO8S. The second-order valence-electron chi connectivity index (χ2n) is 8.34. The Labute approximate surface area is 196 Å². The number of ether oxygens (including phenoxy) is 1. The number of fused-ring (bicyclic) bond motifs is 3. The van der Waals surface area contributed by atoms with Gasteiger partial charge in [-0.1, -0.05) is 24.3 Å². The van der Waals surface area contributed by atoms with Crippen molar-refractivity contribution >= 4 is 34.0 Å². The summed E-state index contributed by atoms with van der Waals surface area (Å²) in [5.74, 6) is -2.52. The molecule has 0 radical (unpaired) electrons. The average molecular weight is 481 g/mol. The van der Waals surface area contributed by atoms with Crippen LogP contribution in [0.2, 0.25) is 0 Å². The Bertz CT molecular complexity index is 1350. The molecule has 2 aliphatic rings. The summed E-state index contributed by atoms with van der Waals surface area (Å²) in [6, 6.07) is 9.45. The third-order valence-corrected chi connectivity index (χ3v) is 6.88. The lowest BCUT2D eigenvalue weighted by Gasteiger charge is -2.37. The van der Waals surface area contributed by atoms with E-state index in [4.69, 9.17) is 4.74 Å². The lowest BCUT2D eigenvalue weighted by Crippen LogP contribution is -2.43. The zero-order chi connectivity index (χ0) is 24.2. The Balaban J connectivity index is 1.49. The van der Waals surface area contributed by atoms with Crippen LogP contribution in [0.4, 0.5) is 9.80 Å². The number of phenolic OH excluding ortho intramolecular Hbond substituents is 2. The maximum absolute atomic E-state index is 13.1. The zero-order valence-electron chi connectivity index (χ0n) is 17.6. The largest absolute Gasteiger partial charge is 0.507 e. The van der Waals surface area contributed by atoms with Gasteiger partial charge in [-0.05, 0) is 17.5 Å². The summed E-state index contributed by atoms with van der Waals surface area (Å²) in [5.41, 5.74) is -2.61. The van der Waals surface area contributed by atoms with Gasteiger partial charge in [0.15, 0.2) is 11.6 Å². The summed E-state index contributed by atoms with van der Waals surface area (Å²) in [6.07, 6.45) is -2.97. The number of carbonyl (C=O) groups is 3. The van der Waals surface area contributed by atoms with E-state index in [-0.39, 0.29) is 46.2 Å². The Morgan fingerprint density at radius 1 is 1.06 bits per heavy atom. The molecule has 0 spiro atoms. The van der Waals surface area contributed by atoms with E-state index in [0.717, 1.165) is 0 Å². The van der Waals surface area contributed by atoms with Crippen LogP contribution in [0.15, 0.2) is 41.8 Å². The molecule has 2 aliphatic carbocycles. The fraction of sp³-hybridized carbons (Fsp3) is 0.208. The minimum atomic E-state index is -1.79. The van der Waals surface area contributed by atoms with Crippen LogP contribution in [0.3, 0.4) is 0 Å². The van der Waals surface area contributed by atoms with Crippen molar-refractivity contribution < 1.29 is 39.5 Å². The zero-order valence-corrected chi connectivity index (χ0v) is 18.4. The minimum absolute atomic E-state index is 0.0786. The van der Waals surface area contributed by atoms with E-state index < -0.39 is 47.5 Å². The van der Waals surface area contributed by atoms with E-state index in [9.17, 15) is 34.8 Å². The van der Waals surface area contributed by atoms with Gasteiger partial charge in [0.05, 0.1) is 22.2 Å². The summed E-state index contributed by atoms with van der Waals surface area (Å²) >= 11 is 1.28. The third-order valence-electron chi connectivity index (χ3n) is 6.09. The van der Waals surface area contributed by atoms with Crippen LogP contribution in [0.5, 0.6) is 11.5 Å². The van der Waals surface area contributed by atoms with E-state index in [1.165, 1.54) is 23.5 Å². The van der Waals surface area contributed by atoms with Crippen molar-refractivity contribution in [3.8, 4) is 11.5 Å². The van der Waals surface area contributed by atoms with E-state index in [1.807, 2.05) is 0 Å². The number of carbonyl (C=O) groups excluding carboxylic acids is 3. The number of hydrogen-bond donors (Lipinski definition) is 5. The predicted octanol–water partition coefficient (Wildman–Crippen LogP) is 2.89. The molecule has 0 fully saturated rings. The molecule has 34 heavy (non-hydrogen) atoms. The van der Waals surface area contributed by atoms with Crippen molar-refractivity contribution in [2.75, 3.05) is 11.9 Å². The summed E-state index contributed by atoms with van der Waals surface area (Å²) in [4.78, 5) is 38.2. The number of benzene rings is 2. The molecular weight excluding hydrogens is 462 g/mol. The van der Waals surface area contributed by atoms with Crippen LogP contribution in [-0.4, -0.2) is 50.3 Å². The molecule has 2 aromatic carbocycles. The molecule has 1 heterocycles. The number of rotatable bonds is 3. The molecule has 0 bridgehead atoms. The first-order valence-electron chi connectivity index (χ1n) is 10.4. The van der Waals surface area contributed by atoms with Crippen LogP contribution in [0, 0.1) is 0 Å². The molecule has 0 unspecified atom stereocenters. The number of aliphatic hydroxyl groups excluding tert-OH is 1. The molecule has 2 atom stereocenters. The highest BCUT2D eigenvalue weighted by Gasteiger charge is 2.45. The molecule has 174 valence electrons. The fourth-order valence-electron chi connectivity index (χ4n) is 4.58. The number of thiophene rings is 1. The van der Waals surface area contributed by atoms with Gasteiger partial charge in [0.25, 0.3) is 0 Å². The predicted molar refractivity (Wildman–Crippen MR) is 121 cm³/mol. The molecule has 1 amide bonds. The van der Waals surface area contributed by atoms with Crippen LogP contribution in [0.1, 0.15) is 55.5 Å². The lowest BCUT2D eigenvalue weighted by atomic mass is 9.73. The van der Waals surface area contributed by atoms with E-state index in [2.05, 4.69) is 5.32 Å². The lowest BCUT2D eigenvalue weighted by molar-refractivity contribution is -0.0612. The maximum atomic E-state index is 13.1. The van der Waals surface area contributed by atoms with Crippen molar-refractivity contribution in [3.63, 3.8) is 0 Å². The standard InChI is InChI=1S/C24H19NO8S/c26-14-9-24(32,10-33-23(31)25-15-6-3-7-34-15)8-13-16(14)22(30)18-17(21(13)29)19(27)11-4-1-2-5-12(11)20(18)28/h1-7,14,26,29-30,32H,8-10H2,(H,25,31)/t14-,24+/m0/s1. The number of hydrogen-bond acceptors (Lipinski definition) is 9. The number of anilines is 1. The molecule has 9 nitrogen and oxygen atoms in total. The smallest absolute Gasteiger partial charge is 0.412 e. The number of ketones is 2. The number of nitrogens with one attached hydrogen (secondary N) is 1. The molecule has 0 saturated carbocycles. The van der Waals surface area contributed by atoms with Gasteiger partial charge in [-0.2, -0.15) is 0 Å². The van der Waals surface area contributed by atoms with Gasteiger partial charge < -0.3 is 25.2 Å². The number of aromatic hydroxyl groups is 2. The first-order chi connectivity index (χ1) is 16.2. The summed E-state index contributed by atoms with van der Waals surface area (Å²) in [5, 5.41) is 48.5. The van der Waals surface area contributed by atoms with E-state index in [0.29, 0.717) is 5.00 Å². The van der Waals surface area contributed by atoms with Crippen molar-refractivity contribution in [3.05, 3.63) is 75.2 Å². The molecule has 5 N–H and O–H groups in total. The second-order valence-corrected chi connectivity index (χ2v) is 9.29. The van der Waals surface area contributed by atoms with Gasteiger partial charge in [-0.25, -0.2) is 4.79 Å². The van der Waals surface area contributed by atoms with Crippen molar-refractivity contribution in [2.45, 2.75) is 24.5 Å². The van der Waals surface area contributed by atoms with Crippen LogP contribution in [0.25, 0.3) is 0 Å². The van der Waals surface area contributed by atoms with Gasteiger partial charge in [0, 0.05) is 35.1 Å². The molecule has 0 aliphatic heterocycles. The van der Waals surface area contributed by atoms with E-state index in [1.54, 1.807) is 29.6 Å². The molecule has 10 heteroatoms. The van der Waals surface area contributed by atoms with Gasteiger partial charge >= 0.3 is 6.09 Å². The molecule has 5 rings (SSSR count). The van der Waals surface area contributed by atoms with Crippen molar-refractivity contribution in [1.29, 1.82) is 0 Å². The minimum Gasteiger partial charge on any atom is -0.507 e. The molecule has 1 aromatic heterocycles. The number of amides is 1. The maximum Gasteiger partial charge on any atom is 0.412 e. The highest BCUT2D eigenvalue weighted by Crippen LogP contribution is 2.50. The van der Waals surface area contributed by atoms with Crippen LogP contribution < -0.4 is 5.32 Å². The Hall–Kier alpha value is -3.73. The molecule has 0 saturated heterocycles. The van der Waals surface area contributed by atoms with Crippen molar-refractivity contribution in [2.24, 2.45) is 0 Å². The highest BCUT2D eigenvalue weighted by atomic mass is 32.1. The monoisotopic (exact) mass is 481 g/mol. The van der Waals surface area contributed by atoms with Gasteiger partial charge in [0.2, 0.25) is 0 Å². The summed E-state index contributed by atoms with van der Waals surface area (Å²) in [6.45, 7) is -0.520. The third kappa shape index (κ3) is 3.43. The van der Waals surface area contributed by atoms with Crippen molar-refractivity contribution in [1.82, 2.24) is 0 Å². The summed E-state index contributed by atoms with van der Waals surface area (Å²) < 4.78 is 5.12. The Morgan fingerprint density at radius 3 is 2.32 bits per heavy atom. The topological polar surface area (TPSA) is 153 Å². The fourth-order valence-corrected chi connectivity index (χ4v) is 5.18. The van der Waals surface area contributed by atoms with Crippen LogP contribution in [-0.2, 0) is 11.2 Å². The second kappa shape index (κ2) is 7.94. The van der Waals surface area contributed by atoms with E-state index >= 15 is 0 Å². The number of aliphatic hydroxyl groups is 2. The quantitative estimate of drug-likeness (QED) is 0.280. The van der Waals surface area contributed by atoms with Gasteiger partial charge in [-0.3, -0.25) is 14.9 Å². The first kappa shape index (κ1) is 22.1. The van der Waals surface area contributed by atoms with Gasteiger partial charge in [-0.15, -0.1) is 11.3 Å². The van der Waals surface area contributed by atoms with Gasteiger partial charge in [0.1, 0.15) is 23.7 Å². The summed E-state index contributed by atoms with van der Waals surface area (Å²) in [7, 11) is 0. The Morgan fingerprint density at radius 2 is 1.71 bits per heavy atom. The highest BCUT2D eigenvalue weighted by molar-refractivity contribution is 7.14.